The first-order chi connectivity index (χ1) is 8.02. The van der Waals surface area contributed by atoms with Gasteiger partial charge in [0, 0.05) is 12.5 Å². The molecule has 0 radical (unpaired) electrons. The maximum atomic E-state index is 11.5. The van der Waals surface area contributed by atoms with Crippen molar-refractivity contribution >= 4 is 5.91 Å². The maximum Gasteiger partial charge on any atom is 0.219 e. The molecule has 100 valence electrons. The number of nitrogens with one attached hydrogen (secondary N) is 1. The maximum absolute atomic E-state index is 11.5. The van der Waals surface area contributed by atoms with Crippen LogP contribution >= 0.6 is 0 Å². The van der Waals surface area contributed by atoms with Gasteiger partial charge in [-0.1, -0.05) is 20.8 Å². The number of carbonyl (C=O) groups is 1. The summed E-state index contributed by atoms with van der Waals surface area (Å²) in [6.45, 7) is 8.74. The zero-order chi connectivity index (χ0) is 12.8. The molecule has 0 spiro atoms. The third-order valence-electron chi connectivity index (χ3n) is 3.90. The lowest BCUT2D eigenvalue weighted by Gasteiger charge is -2.33. The molecule has 0 bridgehead atoms. The fraction of sp³-hybridized carbons (Fsp3) is 0.929. The van der Waals surface area contributed by atoms with Gasteiger partial charge in [0.2, 0.25) is 5.91 Å². The van der Waals surface area contributed by atoms with E-state index >= 15 is 0 Å². The number of likely N-dealkylation sites (tertiary alicyclic amines) is 1. The molecule has 3 heteroatoms. The average Bonchev–Trinajstić information content (AvgIpc) is 2.30. The van der Waals surface area contributed by atoms with Crippen molar-refractivity contribution in [2.24, 2.45) is 11.8 Å². The zero-order valence-electron chi connectivity index (χ0n) is 11.8. The van der Waals surface area contributed by atoms with Crippen LogP contribution in [-0.2, 0) is 4.79 Å². The minimum Gasteiger partial charge on any atom is -0.353 e. The van der Waals surface area contributed by atoms with E-state index in [-0.39, 0.29) is 5.91 Å². The van der Waals surface area contributed by atoms with E-state index in [1.54, 1.807) is 0 Å². The van der Waals surface area contributed by atoms with E-state index in [0.717, 1.165) is 12.3 Å². The van der Waals surface area contributed by atoms with E-state index in [4.69, 9.17) is 0 Å². The Morgan fingerprint density at radius 1 is 1.35 bits per heavy atom. The Bertz CT molecular complexity index is 232. The highest BCUT2D eigenvalue weighted by Crippen LogP contribution is 2.23. The quantitative estimate of drug-likeness (QED) is 0.799. The predicted octanol–water partition coefficient (Wildman–Crippen LogP) is 2.27. The van der Waals surface area contributed by atoms with Crippen LogP contribution in [0.2, 0.25) is 0 Å². The number of carbonyl (C=O) groups excluding carboxylic acids is 1. The summed E-state index contributed by atoms with van der Waals surface area (Å²) in [6.07, 6.45) is 4.30. The van der Waals surface area contributed by atoms with Crippen molar-refractivity contribution in [1.82, 2.24) is 10.2 Å². The Kier molecular flexibility index (Phi) is 5.96. The van der Waals surface area contributed by atoms with Crippen LogP contribution in [0.15, 0.2) is 0 Å². The van der Waals surface area contributed by atoms with Crippen LogP contribution in [-0.4, -0.2) is 37.0 Å². The largest absolute Gasteiger partial charge is 0.353 e. The molecule has 1 fully saturated rings. The van der Waals surface area contributed by atoms with Gasteiger partial charge in [-0.05, 0) is 51.2 Å². The number of piperidine rings is 1. The molecule has 0 saturated carbocycles. The van der Waals surface area contributed by atoms with Gasteiger partial charge in [-0.15, -0.1) is 0 Å². The Labute approximate surface area is 106 Å². The minimum absolute atomic E-state index is 0.191. The highest BCUT2D eigenvalue weighted by Gasteiger charge is 2.23. The van der Waals surface area contributed by atoms with Crippen molar-refractivity contribution in [1.29, 1.82) is 0 Å². The van der Waals surface area contributed by atoms with E-state index in [2.05, 4.69) is 31.1 Å². The van der Waals surface area contributed by atoms with Crippen LogP contribution in [0.5, 0.6) is 0 Å². The van der Waals surface area contributed by atoms with Gasteiger partial charge in [-0.2, -0.15) is 0 Å². The summed E-state index contributed by atoms with van der Waals surface area (Å²) < 4.78 is 0. The van der Waals surface area contributed by atoms with E-state index in [1.807, 2.05) is 6.92 Å². The van der Waals surface area contributed by atoms with Crippen LogP contribution in [0, 0.1) is 11.8 Å². The van der Waals surface area contributed by atoms with E-state index in [9.17, 15) is 4.79 Å². The van der Waals surface area contributed by atoms with Crippen molar-refractivity contribution in [2.75, 3.05) is 20.1 Å². The summed E-state index contributed by atoms with van der Waals surface area (Å²) in [6, 6.07) is 0.357. The Balaban J connectivity index is 2.41. The molecular weight excluding hydrogens is 212 g/mol. The fourth-order valence-electron chi connectivity index (χ4n) is 2.46. The Hall–Kier alpha value is -0.570. The summed E-state index contributed by atoms with van der Waals surface area (Å²) in [5.41, 5.74) is 0. The van der Waals surface area contributed by atoms with Gasteiger partial charge in [0.25, 0.3) is 0 Å². The molecule has 1 saturated heterocycles. The molecule has 1 atom stereocenters. The molecule has 0 unspecified atom stereocenters. The van der Waals surface area contributed by atoms with Crippen LogP contribution in [0.3, 0.4) is 0 Å². The predicted molar refractivity (Wildman–Crippen MR) is 71.9 cm³/mol. The Morgan fingerprint density at radius 3 is 2.41 bits per heavy atom. The van der Waals surface area contributed by atoms with Crippen molar-refractivity contribution in [3.8, 4) is 0 Å². The first-order valence-electron chi connectivity index (χ1n) is 7.00. The average molecular weight is 240 g/mol. The zero-order valence-corrected chi connectivity index (χ0v) is 11.8. The molecule has 1 heterocycles. The lowest BCUT2D eigenvalue weighted by atomic mass is 9.86. The summed E-state index contributed by atoms with van der Waals surface area (Å²) in [7, 11) is 2.19. The summed E-state index contributed by atoms with van der Waals surface area (Å²) in [4.78, 5) is 13.9. The monoisotopic (exact) mass is 240 g/mol. The second-order valence-electron chi connectivity index (χ2n) is 5.75. The second kappa shape index (κ2) is 7.00. The molecule has 0 aliphatic carbocycles. The molecule has 0 aromatic heterocycles. The smallest absolute Gasteiger partial charge is 0.219 e. The van der Waals surface area contributed by atoms with Gasteiger partial charge >= 0.3 is 0 Å². The van der Waals surface area contributed by atoms with Crippen molar-refractivity contribution in [3.63, 3.8) is 0 Å². The number of nitrogens with zero attached hydrogens (tertiary/aromatic N) is 1. The highest BCUT2D eigenvalue weighted by atomic mass is 16.1. The topological polar surface area (TPSA) is 32.3 Å². The normalized spacial score (nSPS) is 20.5. The molecule has 1 aliphatic heterocycles. The molecule has 0 aromatic carbocycles. The number of amides is 1. The Morgan fingerprint density at radius 2 is 1.94 bits per heavy atom. The van der Waals surface area contributed by atoms with Gasteiger partial charge in [0.05, 0.1) is 0 Å². The standard InChI is InChI=1S/C14H28N2O/c1-5-14(17)15-13(11(2)3)10-12-6-8-16(4)9-7-12/h11-13H,5-10H2,1-4H3,(H,15,17)/t13-/m1/s1. The number of hydrogen-bond donors (Lipinski definition) is 1. The molecular formula is C14H28N2O. The van der Waals surface area contributed by atoms with E-state index in [1.165, 1.54) is 25.9 Å². The fourth-order valence-corrected chi connectivity index (χ4v) is 2.46. The van der Waals surface area contributed by atoms with E-state index in [0.29, 0.717) is 18.4 Å². The van der Waals surface area contributed by atoms with Crippen molar-refractivity contribution in [3.05, 3.63) is 0 Å². The first-order valence-corrected chi connectivity index (χ1v) is 7.00. The van der Waals surface area contributed by atoms with E-state index < -0.39 is 0 Å². The van der Waals surface area contributed by atoms with Crippen LogP contribution in [0.25, 0.3) is 0 Å². The van der Waals surface area contributed by atoms with Gasteiger partial charge < -0.3 is 10.2 Å². The second-order valence-corrected chi connectivity index (χ2v) is 5.75. The summed E-state index contributed by atoms with van der Waals surface area (Å²) >= 11 is 0. The van der Waals surface area contributed by atoms with Crippen molar-refractivity contribution < 1.29 is 4.79 Å². The summed E-state index contributed by atoms with van der Waals surface area (Å²) in [5, 5.41) is 3.17. The summed E-state index contributed by atoms with van der Waals surface area (Å²) in [5.74, 6) is 1.51. The number of hydrogen-bond acceptors (Lipinski definition) is 2. The van der Waals surface area contributed by atoms with Gasteiger partial charge in [-0.25, -0.2) is 0 Å². The molecule has 17 heavy (non-hydrogen) atoms. The third-order valence-corrected chi connectivity index (χ3v) is 3.90. The number of rotatable bonds is 5. The SMILES string of the molecule is CCC(=O)N[C@H](CC1CCN(C)CC1)C(C)C. The van der Waals surface area contributed by atoms with Gasteiger partial charge in [0.1, 0.15) is 0 Å². The highest BCUT2D eigenvalue weighted by molar-refractivity contribution is 5.75. The van der Waals surface area contributed by atoms with Crippen LogP contribution < -0.4 is 5.32 Å². The van der Waals surface area contributed by atoms with Gasteiger partial charge in [0.15, 0.2) is 0 Å². The van der Waals surface area contributed by atoms with Crippen molar-refractivity contribution in [2.45, 2.75) is 52.5 Å². The van der Waals surface area contributed by atoms with Crippen LogP contribution in [0.4, 0.5) is 0 Å². The molecule has 1 N–H and O–H groups in total. The molecule has 1 aliphatic rings. The molecule has 3 nitrogen and oxygen atoms in total. The molecule has 0 aromatic rings. The lowest BCUT2D eigenvalue weighted by molar-refractivity contribution is -0.121. The molecule has 1 amide bonds. The van der Waals surface area contributed by atoms with Crippen LogP contribution in [0.1, 0.15) is 46.5 Å². The minimum atomic E-state index is 0.191. The molecule has 1 rings (SSSR count). The lowest BCUT2D eigenvalue weighted by Crippen LogP contribution is -2.41. The first kappa shape index (κ1) is 14.5. The van der Waals surface area contributed by atoms with Gasteiger partial charge in [-0.3, -0.25) is 4.79 Å². The third kappa shape index (κ3) is 5.07.